The van der Waals surface area contributed by atoms with Crippen LogP contribution in [0.4, 0.5) is 4.39 Å². The smallest absolute Gasteiger partial charge is 0.137 e. The van der Waals surface area contributed by atoms with Crippen LogP contribution in [-0.4, -0.2) is 11.5 Å². The molecule has 2 aromatic rings. The van der Waals surface area contributed by atoms with Crippen LogP contribution in [0.25, 0.3) is 0 Å². The van der Waals surface area contributed by atoms with E-state index >= 15 is 0 Å². The van der Waals surface area contributed by atoms with E-state index < -0.39 is 0 Å². The van der Waals surface area contributed by atoms with Crippen LogP contribution < -0.4 is 5.32 Å². The van der Waals surface area contributed by atoms with E-state index in [-0.39, 0.29) is 11.9 Å². The van der Waals surface area contributed by atoms with Gasteiger partial charge in [-0.2, -0.15) is 0 Å². The Bertz CT molecular complexity index is 592. The number of nitrogens with zero attached hydrogens (tertiary/aromatic N) is 1. The van der Waals surface area contributed by atoms with Crippen molar-refractivity contribution in [2.45, 2.75) is 19.4 Å². The molecule has 0 spiro atoms. The summed E-state index contributed by atoms with van der Waals surface area (Å²) in [4.78, 5) is 4.00. The first-order valence-corrected chi connectivity index (χ1v) is 7.56. The molecule has 0 bridgehead atoms. The molecule has 0 saturated heterocycles. The first kappa shape index (κ1) is 15.4. The van der Waals surface area contributed by atoms with Crippen LogP contribution in [0.15, 0.2) is 41.1 Å². The SMILES string of the molecule is CCNC(Cc1cccc(F)c1Br)c1ccncc1Cl. The Morgan fingerprint density at radius 1 is 1.40 bits per heavy atom. The molecule has 106 valence electrons. The Hall–Kier alpha value is -0.970. The molecule has 1 N–H and O–H groups in total. The zero-order valence-corrected chi connectivity index (χ0v) is 13.4. The molecule has 0 aliphatic carbocycles. The monoisotopic (exact) mass is 356 g/mol. The lowest BCUT2D eigenvalue weighted by molar-refractivity contribution is 0.544. The standard InChI is InChI=1S/C15H15BrClFN2/c1-2-20-14(11-6-7-19-9-12(11)17)8-10-4-3-5-13(18)15(10)16/h3-7,9,14,20H,2,8H2,1H3. The van der Waals surface area contributed by atoms with E-state index in [1.807, 2.05) is 19.1 Å². The number of nitrogens with one attached hydrogen (secondary N) is 1. The number of likely N-dealkylation sites (N-methyl/N-ethyl adjacent to an activating group) is 1. The lowest BCUT2D eigenvalue weighted by Crippen LogP contribution is -2.23. The largest absolute Gasteiger partial charge is 0.310 e. The number of halogens is 3. The van der Waals surface area contributed by atoms with Gasteiger partial charge in [-0.15, -0.1) is 0 Å². The quantitative estimate of drug-likeness (QED) is 0.850. The van der Waals surface area contributed by atoms with Crippen LogP contribution in [0.3, 0.4) is 0 Å². The molecular formula is C15H15BrClFN2. The van der Waals surface area contributed by atoms with Gasteiger partial charge in [-0.3, -0.25) is 4.98 Å². The molecular weight excluding hydrogens is 343 g/mol. The summed E-state index contributed by atoms with van der Waals surface area (Å²) in [7, 11) is 0. The molecule has 1 unspecified atom stereocenters. The molecule has 0 aliphatic rings. The maximum absolute atomic E-state index is 13.6. The molecule has 0 amide bonds. The van der Waals surface area contributed by atoms with Crippen molar-refractivity contribution in [3.63, 3.8) is 0 Å². The van der Waals surface area contributed by atoms with Gasteiger partial charge < -0.3 is 5.32 Å². The Balaban J connectivity index is 2.31. The maximum Gasteiger partial charge on any atom is 0.137 e. The van der Waals surface area contributed by atoms with Gasteiger partial charge in [0.15, 0.2) is 0 Å². The van der Waals surface area contributed by atoms with Gasteiger partial charge in [0.1, 0.15) is 5.82 Å². The van der Waals surface area contributed by atoms with Gasteiger partial charge in [0.2, 0.25) is 0 Å². The molecule has 0 fully saturated rings. The number of hydrogen-bond acceptors (Lipinski definition) is 2. The van der Waals surface area contributed by atoms with Crippen molar-refractivity contribution in [2.24, 2.45) is 0 Å². The highest BCUT2D eigenvalue weighted by Gasteiger charge is 2.16. The van der Waals surface area contributed by atoms with Gasteiger partial charge in [0.25, 0.3) is 0 Å². The van der Waals surface area contributed by atoms with Gasteiger partial charge in [-0.25, -0.2) is 4.39 Å². The fourth-order valence-electron chi connectivity index (χ4n) is 2.13. The Kier molecular flexibility index (Phi) is 5.52. The van der Waals surface area contributed by atoms with Crippen LogP contribution in [0, 0.1) is 5.82 Å². The fraction of sp³-hybridized carbons (Fsp3) is 0.267. The van der Waals surface area contributed by atoms with Crippen molar-refractivity contribution in [3.8, 4) is 0 Å². The minimum atomic E-state index is -0.251. The number of benzene rings is 1. The predicted molar refractivity (Wildman–Crippen MR) is 83.5 cm³/mol. The lowest BCUT2D eigenvalue weighted by Gasteiger charge is -2.20. The third kappa shape index (κ3) is 3.57. The summed E-state index contributed by atoms with van der Waals surface area (Å²) in [6.45, 7) is 2.83. The van der Waals surface area contributed by atoms with Crippen molar-refractivity contribution < 1.29 is 4.39 Å². The summed E-state index contributed by atoms with van der Waals surface area (Å²) in [6, 6.07) is 6.98. The number of rotatable bonds is 5. The average Bonchev–Trinajstić information content (AvgIpc) is 2.44. The molecule has 2 rings (SSSR count). The van der Waals surface area contributed by atoms with E-state index in [9.17, 15) is 4.39 Å². The topological polar surface area (TPSA) is 24.9 Å². The van der Waals surface area contributed by atoms with Gasteiger partial charge in [-0.05, 0) is 52.2 Å². The highest BCUT2D eigenvalue weighted by atomic mass is 79.9. The van der Waals surface area contributed by atoms with Crippen molar-refractivity contribution in [1.29, 1.82) is 0 Å². The normalized spacial score (nSPS) is 12.4. The van der Waals surface area contributed by atoms with E-state index in [2.05, 4.69) is 26.2 Å². The molecule has 5 heteroatoms. The van der Waals surface area contributed by atoms with Gasteiger partial charge in [-0.1, -0.05) is 30.7 Å². The molecule has 0 saturated carbocycles. The van der Waals surface area contributed by atoms with E-state index in [1.165, 1.54) is 6.07 Å². The third-order valence-electron chi connectivity index (χ3n) is 3.09. The molecule has 1 aromatic carbocycles. The molecule has 0 radical (unpaired) electrons. The number of hydrogen-bond donors (Lipinski definition) is 1. The van der Waals surface area contributed by atoms with E-state index in [0.717, 1.165) is 17.7 Å². The summed E-state index contributed by atoms with van der Waals surface area (Å²) in [6.07, 6.45) is 3.99. The molecule has 1 aromatic heterocycles. The van der Waals surface area contributed by atoms with Crippen LogP contribution in [-0.2, 0) is 6.42 Å². The second-order valence-corrected chi connectivity index (χ2v) is 5.62. The summed E-state index contributed by atoms with van der Waals surface area (Å²) < 4.78 is 14.1. The van der Waals surface area contributed by atoms with Crippen molar-refractivity contribution in [1.82, 2.24) is 10.3 Å². The van der Waals surface area contributed by atoms with Crippen LogP contribution in [0.2, 0.25) is 5.02 Å². The Morgan fingerprint density at radius 3 is 2.90 bits per heavy atom. The third-order valence-corrected chi connectivity index (χ3v) is 4.29. The van der Waals surface area contributed by atoms with Gasteiger partial charge in [0, 0.05) is 18.4 Å². The second kappa shape index (κ2) is 7.16. The molecule has 20 heavy (non-hydrogen) atoms. The summed E-state index contributed by atoms with van der Waals surface area (Å²) in [5, 5.41) is 4.00. The second-order valence-electron chi connectivity index (χ2n) is 4.42. The minimum Gasteiger partial charge on any atom is -0.310 e. The van der Waals surface area contributed by atoms with Crippen LogP contribution in [0.1, 0.15) is 24.1 Å². The highest BCUT2D eigenvalue weighted by Crippen LogP contribution is 2.28. The molecule has 1 atom stereocenters. The van der Waals surface area contributed by atoms with E-state index in [1.54, 1.807) is 18.5 Å². The summed E-state index contributed by atoms with van der Waals surface area (Å²) in [5.74, 6) is -0.251. The Labute approximate surface area is 131 Å². The van der Waals surface area contributed by atoms with Crippen molar-refractivity contribution in [2.75, 3.05) is 6.54 Å². The molecule has 2 nitrogen and oxygen atoms in total. The minimum absolute atomic E-state index is 0.0219. The van der Waals surface area contributed by atoms with E-state index in [0.29, 0.717) is 15.9 Å². The van der Waals surface area contributed by atoms with Gasteiger partial charge in [0.05, 0.1) is 9.50 Å². The van der Waals surface area contributed by atoms with Crippen molar-refractivity contribution >= 4 is 27.5 Å². The highest BCUT2D eigenvalue weighted by molar-refractivity contribution is 9.10. The summed E-state index contributed by atoms with van der Waals surface area (Å²) >= 11 is 9.51. The lowest BCUT2D eigenvalue weighted by atomic mass is 9.99. The summed E-state index contributed by atoms with van der Waals surface area (Å²) in [5.41, 5.74) is 1.88. The first-order chi connectivity index (χ1) is 9.63. The van der Waals surface area contributed by atoms with Gasteiger partial charge >= 0.3 is 0 Å². The van der Waals surface area contributed by atoms with Crippen LogP contribution >= 0.6 is 27.5 Å². The maximum atomic E-state index is 13.6. The average molecular weight is 358 g/mol. The zero-order chi connectivity index (χ0) is 14.5. The van der Waals surface area contributed by atoms with Crippen LogP contribution in [0.5, 0.6) is 0 Å². The number of pyridine rings is 1. The van der Waals surface area contributed by atoms with E-state index in [4.69, 9.17) is 11.6 Å². The first-order valence-electron chi connectivity index (χ1n) is 6.39. The zero-order valence-electron chi connectivity index (χ0n) is 11.0. The predicted octanol–water partition coefficient (Wildman–Crippen LogP) is 4.53. The molecule has 0 aliphatic heterocycles. The Morgan fingerprint density at radius 2 is 2.20 bits per heavy atom. The fourth-order valence-corrected chi connectivity index (χ4v) is 2.81. The molecule has 1 heterocycles. The van der Waals surface area contributed by atoms with Crippen molar-refractivity contribution in [3.05, 3.63) is 63.1 Å². The number of aromatic nitrogens is 1.